The number of morpholine rings is 1. The highest BCUT2D eigenvalue weighted by Crippen LogP contribution is 2.30. The summed E-state index contributed by atoms with van der Waals surface area (Å²) in [5.41, 5.74) is 4.07. The van der Waals surface area contributed by atoms with Crippen molar-refractivity contribution in [2.45, 2.75) is 6.54 Å². The van der Waals surface area contributed by atoms with Crippen molar-refractivity contribution in [3.63, 3.8) is 0 Å². The van der Waals surface area contributed by atoms with Crippen LogP contribution in [0, 0.1) is 0 Å². The summed E-state index contributed by atoms with van der Waals surface area (Å²) in [5, 5.41) is 7.04. The molecule has 0 atom stereocenters. The first-order valence-electron chi connectivity index (χ1n) is 9.22. The third-order valence-electron chi connectivity index (χ3n) is 4.93. The maximum atomic E-state index is 11.9. The van der Waals surface area contributed by atoms with Crippen LogP contribution in [0.15, 0.2) is 42.5 Å². The Bertz CT molecular complexity index is 823. The predicted octanol–water partition coefficient (Wildman–Crippen LogP) is 3.32. The number of nitrogens with zero attached hydrogens (tertiary/aromatic N) is 2. The molecule has 2 fully saturated rings. The number of amides is 2. The molecule has 2 aromatic carbocycles. The van der Waals surface area contributed by atoms with Crippen molar-refractivity contribution in [3.05, 3.63) is 53.1 Å². The van der Waals surface area contributed by atoms with Crippen molar-refractivity contribution in [2.75, 3.05) is 54.5 Å². The second-order valence-corrected chi connectivity index (χ2v) is 7.03. The van der Waals surface area contributed by atoms with Gasteiger partial charge in [-0.2, -0.15) is 0 Å². The average Bonchev–Trinajstić information content (AvgIpc) is 3.14. The largest absolute Gasteiger partial charge is 0.381 e. The Labute approximate surface area is 164 Å². The van der Waals surface area contributed by atoms with E-state index in [0.29, 0.717) is 19.6 Å². The third kappa shape index (κ3) is 3.96. The first-order valence-corrected chi connectivity index (χ1v) is 9.59. The second-order valence-electron chi connectivity index (χ2n) is 6.62. The Kier molecular flexibility index (Phi) is 5.36. The van der Waals surface area contributed by atoms with E-state index in [4.69, 9.17) is 16.3 Å². The Hall–Kier alpha value is -2.44. The van der Waals surface area contributed by atoms with E-state index in [1.54, 1.807) is 4.90 Å². The number of nitrogens with one attached hydrogen (secondary N) is 2. The highest BCUT2D eigenvalue weighted by molar-refractivity contribution is 6.31. The third-order valence-corrected chi connectivity index (χ3v) is 5.28. The number of hydrogen-bond donors (Lipinski definition) is 2. The fourth-order valence-corrected chi connectivity index (χ4v) is 3.75. The van der Waals surface area contributed by atoms with Gasteiger partial charge in [-0.1, -0.05) is 23.7 Å². The number of carbonyl (C=O) groups is 1. The topological polar surface area (TPSA) is 56.8 Å². The van der Waals surface area contributed by atoms with E-state index in [-0.39, 0.29) is 6.03 Å². The molecule has 2 heterocycles. The molecule has 0 unspecified atom stereocenters. The van der Waals surface area contributed by atoms with Crippen LogP contribution in [0.1, 0.15) is 5.56 Å². The first-order chi connectivity index (χ1) is 13.2. The van der Waals surface area contributed by atoms with Crippen LogP contribution >= 0.6 is 11.6 Å². The highest BCUT2D eigenvalue weighted by Gasteiger charge is 2.21. The molecule has 142 valence electrons. The molecule has 2 aromatic rings. The molecular formula is C20H23ClN4O2. The number of rotatable bonds is 5. The number of halogens is 1. The van der Waals surface area contributed by atoms with Gasteiger partial charge < -0.3 is 20.3 Å². The molecular weight excluding hydrogens is 364 g/mol. The molecule has 0 saturated carbocycles. The molecule has 2 aliphatic heterocycles. The standard InChI is InChI=1S/C20H23ClN4O2/c21-18-5-2-6-19(24-9-11-27-12-10-24)17(18)14-23-15-3-1-4-16(13-15)25-8-7-22-20(25)26/h1-6,13,23H,7-12,14H2,(H,22,26). The van der Waals surface area contributed by atoms with Crippen molar-refractivity contribution in [3.8, 4) is 0 Å². The van der Waals surface area contributed by atoms with Crippen LogP contribution in [-0.2, 0) is 11.3 Å². The zero-order valence-electron chi connectivity index (χ0n) is 15.1. The molecule has 0 aliphatic carbocycles. The number of hydrogen-bond acceptors (Lipinski definition) is 4. The Morgan fingerprint density at radius 1 is 1.11 bits per heavy atom. The van der Waals surface area contributed by atoms with E-state index in [1.807, 2.05) is 36.4 Å². The molecule has 2 amide bonds. The fourth-order valence-electron chi connectivity index (χ4n) is 3.51. The van der Waals surface area contributed by atoms with E-state index in [0.717, 1.165) is 54.0 Å². The Morgan fingerprint density at radius 3 is 2.70 bits per heavy atom. The Balaban J connectivity index is 1.51. The fraction of sp³-hybridized carbons (Fsp3) is 0.350. The molecule has 2 aliphatic rings. The molecule has 0 aromatic heterocycles. The summed E-state index contributed by atoms with van der Waals surface area (Å²) in [5.74, 6) is 0. The summed E-state index contributed by atoms with van der Waals surface area (Å²) >= 11 is 6.51. The van der Waals surface area contributed by atoms with Crippen molar-refractivity contribution in [1.29, 1.82) is 0 Å². The summed E-state index contributed by atoms with van der Waals surface area (Å²) in [4.78, 5) is 16.0. The van der Waals surface area contributed by atoms with Gasteiger partial charge in [-0.25, -0.2) is 4.79 Å². The Morgan fingerprint density at radius 2 is 1.93 bits per heavy atom. The molecule has 27 heavy (non-hydrogen) atoms. The monoisotopic (exact) mass is 386 g/mol. The second kappa shape index (κ2) is 8.06. The lowest BCUT2D eigenvalue weighted by Crippen LogP contribution is -2.37. The number of carbonyl (C=O) groups excluding carboxylic acids is 1. The smallest absolute Gasteiger partial charge is 0.321 e. The average molecular weight is 387 g/mol. The number of benzene rings is 2. The zero-order chi connectivity index (χ0) is 18.6. The van der Waals surface area contributed by atoms with Gasteiger partial charge in [0.2, 0.25) is 0 Å². The van der Waals surface area contributed by atoms with Crippen LogP contribution in [0.2, 0.25) is 5.02 Å². The van der Waals surface area contributed by atoms with Crippen molar-refractivity contribution in [2.24, 2.45) is 0 Å². The quantitative estimate of drug-likeness (QED) is 0.827. The number of urea groups is 1. The van der Waals surface area contributed by atoms with E-state index in [9.17, 15) is 4.79 Å². The van der Waals surface area contributed by atoms with Gasteiger partial charge in [-0.05, 0) is 30.3 Å². The molecule has 0 bridgehead atoms. The molecule has 0 spiro atoms. The zero-order valence-corrected chi connectivity index (χ0v) is 15.8. The molecule has 4 rings (SSSR count). The van der Waals surface area contributed by atoms with Gasteiger partial charge >= 0.3 is 6.03 Å². The van der Waals surface area contributed by atoms with Gasteiger partial charge in [0.05, 0.1) is 13.2 Å². The minimum Gasteiger partial charge on any atom is -0.381 e. The van der Waals surface area contributed by atoms with Crippen LogP contribution < -0.4 is 20.4 Å². The van der Waals surface area contributed by atoms with Crippen LogP contribution in [0.25, 0.3) is 0 Å². The summed E-state index contributed by atoms with van der Waals surface area (Å²) in [6, 6.07) is 13.9. The van der Waals surface area contributed by atoms with Crippen molar-refractivity contribution in [1.82, 2.24) is 5.32 Å². The highest BCUT2D eigenvalue weighted by atomic mass is 35.5. The summed E-state index contributed by atoms with van der Waals surface area (Å²) < 4.78 is 5.46. The summed E-state index contributed by atoms with van der Waals surface area (Å²) in [6.07, 6.45) is 0. The molecule has 0 radical (unpaired) electrons. The van der Waals surface area contributed by atoms with Crippen LogP contribution in [0.4, 0.5) is 21.9 Å². The van der Waals surface area contributed by atoms with Crippen molar-refractivity contribution < 1.29 is 9.53 Å². The van der Waals surface area contributed by atoms with Crippen molar-refractivity contribution >= 4 is 34.7 Å². The van der Waals surface area contributed by atoms with Crippen LogP contribution in [0.5, 0.6) is 0 Å². The molecule has 7 heteroatoms. The lowest BCUT2D eigenvalue weighted by atomic mass is 10.1. The lowest BCUT2D eigenvalue weighted by molar-refractivity contribution is 0.122. The summed E-state index contributed by atoms with van der Waals surface area (Å²) in [6.45, 7) is 5.19. The van der Waals surface area contributed by atoms with E-state index < -0.39 is 0 Å². The van der Waals surface area contributed by atoms with Crippen LogP contribution in [-0.4, -0.2) is 45.4 Å². The summed E-state index contributed by atoms with van der Waals surface area (Å²) in [7, 11) is 0. The lowest BCUT2D eigenvalue weighted by Gasteiger charge is -2.31. The van der Waals surface area contributed by atoms with E-state index in [1.165, 1.54) is 0 Å². The molecule has 2 N–H and O–H groups in total. The predicted molar refractivity (Wildman–Crippen MR) is 109 cm³/mol. The van der Waals surface area contributed by atoms with Gasteiger partial charge in [0.15, 0.2) is 0 Å². The van der Waals surface area contributed by atoms with Gasteiger partial charge in [0.25, 0.3) is 0 Å². The minimum absolute atomic E-state index is 0.0483. The maximum absolute atomic E-state index is 11.9. The first kappa shape index (κ1) is 17.9. The van der Waals surface area contributed by atoms with Gasteiger partial charge in [-0.3, -0.25) is 4.90 Å². The minimum atomic E-state index is -0.0483. The van der Waals surface area contributed by atoms with Gasteiger partial charge in [-0.15, -0.1) is 0 Å². The maximum Gasteiger partial charge on any atom is 0.321 e. The molecule has 2 saturated heterocycles. The normalized spacial score (nSPS) is 17.1. The van der Waals surface area contributed by atoms with Gasteiger partial charge in [0.1, 0.15) is 0 Å². The van der Waals surface area contributed by atoms with Crippen LogP contribution in [0.3, 0.4) is 0 Å². The van der Waals surface area contributed by atoms with Gasteiger partial charge in [0, 0.05) is 60.4 Å². The number of anilines is 3. The number of ether oxygens (including phenoxy) is 1. The van der Waals surface area contributed by atoms with E-state index >= 15 is 0 Å². The van der Waals surface area contributed by atoms with E-state index in [2.05, 4.69) is 21.6 Å². The SMILES string of the molecule is O=C1NCCN1c1cccc(NCc2c(Cl)cccc2N2CCOCC2)c1. The molecule has 6 nitrogen and oxygen atoms in total.